The van der Waals surface area contributed by atoms with E-state index in [1.54, 1.807) is 11.4 Å². The molecule has 0 unspecified atom stereocenters. The summed E-state index contributed by atoms with van der Waals surface area (Å²) in [5, 5.41) is 0. The van der Waals surface area contributed by atoms with Gasteiger partial charge in [0, 0.05) is 26.7 Å². The van der Waals surface area contributed by atoms with Crippen molar-refractivity contribution in [2.75, 3.05) is 26.7 Å². The highest BCUT2D eigenvalue weighted by atomic mass is 15.3. The minimum Gasteiger partial charge on any atom is -0.361 e. The summed E-state index contributed by atoms with van der Waals surface area (Å²) < 4.78 is 0. The Balaban J connectivity index is 2.25. The van der Waals surface area contributed by atoms with Crippen molar-refractivity contribution in [3.8, 4) is 0 Å². The standard InChI is InChI=1S/C11H20N2/c1-3-13-9-5-7-10-6-4-8-12(2)11(10)13/h3-9H2,1-2H3. The number of hydrogen-bond donors (Lipinski definition) is 0. The van der Waals surface area contributed by atoms with Crippen molar-refractivity contribution < 1.29 is 0 Å². The first-order valence-corrected chi connectivity index (χ1v) is 5.51. The summed E-state index contributed by atoms with van der Waals surface area (Å²) in [6, 6.07) is 0. The predicted octanol–water partition coefficient (Wildman–Crippen LogP) is 2.04. The smallest absolute Gasteiger partial charge is 0.103 e. The molecule has 0 radical (unpaired) electrons. The molecule has 0 aromatic heterocycles. The largest absolute Gasteiger partial charge is 0.361 e. The zero-order valence-corrected chi connectivity index (χ0v) is 8.84. The lowest BCUT2D eigenvalue weighted by Gasteiger charge is -2.41. The van der Waals surface area contributed by atoms with Crippen LogP contribution in [0.5, 0.6) is 0 Å². The second-order valence-electron chi connectivity index (χ2n) is 4.14. The molecule has 2 heteroatoms. The number of allylic oxidation sites excluding steroid dienone is 1. The first-order chi connectivity index (χ1) is 6.33. The molecule has 74 valence electrons. The molecule has 2 rings (SSSR count). The molecule has 0 atom stereocenters. The van der Waals surface area contributed by atoms with Crippen molar-refractivity contribution in [3.05, 3.63) is 11.4 Å². The quantitative estimate of drug-likeness (QED) is 0.609. The van der Waals surface area contributed by atoms with Gasteiger partial charge >= 0.3 is 0 Å². The van der Waals surface area contributed by atoms with Crippen molar-refractivity contribution in [3.63, 3.8) is 0 Å². The van der Waals surface area contributed by atoms with Crippen LogP contribution in [0.4, 0.5) is 0 Å². The molecule has 0 saturated heterocycles. The van der Waals surface area contributed by atoms with Gasteiger partial charge in [-0.25, -0.2) is 0 Å². The fourth-order valence-corrected chi connectivity index (χ4v) is 2.62. The minimum absolute atomic E-state index is 1.17. The Morgan fingerprint density at radius 1 is 1.15 bits per heavy atom. The van der Waals surface area contributed by atoms with Crippen molar-refractivity contribution >= 4 is 0 Å². The Morgan fingerprint density at radius 2 is 1.85 bits per heavy atom. The van der Waals surface area contributed by atoms with Gasteiger partial charge in [-0.3, -0.25) is 0 Å². The molecule has 2 heterocycles. The van der Waals surface area contributed by atoms with Crippen molar-refractivity contribution in [1.82, 2.24) is 9.80 Å². The molecule has 0 fully saturated rings. The molecular weight excluding hydrogens is 160 g/mol. The van der Waals surface area contributed by atoms with Crippen LogP contribution in [0.1, 0.15) is 32.6 Å². The van der Waals surface area contributed by atoms with Crippen LogP contribution in [-0.4, -0.2) is 36.5 Å². The summed E-state index contributed by atoms with van der Waals surface area (Å²) in [7, 11) is 2.24. The van der Waals surface area contributed by atoms with Gasteiger partial charge in [-0.05, 0) is 38.2 Å². The Bertz CT molecular complexity index is 216. The first kappa shape index (κ1) is 8.92. The Hall–Kier alpha value is -0.660. The van der Waals surface area contributed by atoms with Gasteiger partial charge in [-0.1, -0.05) is 0 Å². The molecule has 0 bridgehead atoms. The average Bonchev–Trinajstić information content (AvgIpc) is 2.17. The second kappa shape index (κ2) is 3.60. The summed E-state index contributed by atoms with van der Waals surface area (Å²) >= 11 is 0. The minimum atomic E-state index is 1.17. The molecule has 0 spiro atoms. The van der Waals surface area contributed by atoms with E-state index < -0.39 is 0 Å². The molecule has 0 aromatic rings. The lowest BCUT2D eigenvalue weighted by molar-refractivity contribution is 0.201. The van der Waals surface area contributed by atoms with Gasteiger partial charge < -0.3 is 9.80 Å². The van der Waals surface area contributed by atoms with Gasteiger partial charge in [0.2, 0.25) is 0 Å². The van der Waals surface area contributed by atoms with Crippen molar-refractivity contribution in [2.24, 2.45) is 0 Å². The van der Waals surface area contributed by atoms with Crippen molar-refractivity contribution in [1.29, 1.82) is 0 Å². The van der Waals surface area contributed by atoms with Crippen LogP contribution in [0.2, 0.25) is 0 Å². The number of hydrogen-bond acceptors (Lipinski definition) is 2. The zero-order valence-electron chi connectivity index (χ0n) is 8.84. The summed E-state index contributed by atoms with van der Waals surface area (Å²) in [5.74, 6) is 1.56. The topological polar surface area (TPSA) is 6.48 Å². The molecule has 13 heavy (non-hydrogen) atoms. The second-order valence-corrected chi connectivity index (χ2v) is 4.14. The number of nitrogens with zero attached hydrogens (tertiary/aromatic N) is 2. The van der Waals surface area contributed by atoms with Crippen LogP contribution in [0.25, 0.3) is 0 Å². The van der Waals surface area contributed by atoms with Crippen LogP contribution in [0.15, 0.2) is 11.4 Å². The predicted molar refractivity (Wildman–Crippen MR) is 55.4 cm³/mol. The average molecular weight is 180 g/mol. The first-order valence-electron chi connectivity index (χ1n) is 5.51. The van der Waals surface area contributed by atoms with E-state index in [9.17, 15) is 0 Å². The molecule has 2 aliphatic heterocycles. The third-order valence-corrected chi connectivity index (χ3v) is 3.24. The maximum atomic E-state index is 2.54. The van der Waals surface area contributed by atoms with E-state index in [1.807, 2.05) is 0 Å². The Morgan fingerprint density at radius 3 is 2.54 bits per heavy atom. The van der Waals surface area contributed by atoms with E-state index in [2.05, 4.69) is 23.8 Å². The molecule has 0 amide bonds. The third kappa shape index (κ3) is 1.54. The van der Waals surface area contributed by atoms with E-state index in [1.165, 1.54) is 45.3 Å². The van der Waals surface area contributed by atoms with Crippen LogP contribution >= 0.6 is 0 Å². The van der Waals surface area contributed by atoms with Gasteiger partial charge in [-0.2, -0.15) is 0 Å². The summed E-state index contributed by atoms with van der Waals surface area (Å²) in [6.45, 7) is 5.94. The van der Waals surface area contributed by atoms with E-state index in [4.69, 9.17) is 0 Å². The highest BCUT2D eigenvalue weighted by Gasteiger charge is 2.24. The highest BCUT2D eigenvalue weighted by molar-refractivity contribution is 5.17. The van der Waals surface area contributed by atoms with E-state index in [-0.39, 0.29) is 0 Å². The summed E-state index contributed by atoms with van der Waals surface area (Å²) in [6.07, 6.45) is 5.40. The van der Waals surface area contributed by atoms with E-state index >= 15 is 0 Å². The lowest BCUT2D eigenvalue weighted by Crippen LogP contribution is -2.40. The van der Waals surface area contributed by atoms with Crippen LogP contribution < -0.4 is 0 Å². The molecule has 0 aliphatic carbocycles. The van der Waals surface area contributed by atoms with Crippen LogP contribution in [-0.2, 0) is 0 Å². The SMILES string of the molecule is CCN1CCCC2=C1N(C)CCC2. The van der Waals surface area contributed by atoms with Crippen LogP contribution in [0.3, 0.4) is 0 Å². The maximum Gasteiger partial charge on any atom is 0.103 e. The maximum absolute atomic E-state index is 2.54. The highest BCUT2D eigenvalue weighted by Crippen LogP contribution is 2.30. The molecule has 2 nitrogen and oxygen atoms in total. The van der Waals surface area contributed by atoms with Crippen molar-refractivity contribution in [2.45, 2.75) is 32.6 Å². The normalized spacial score (nSPS) is 23.5. The van der Waals surface area contributed by atoms with Gasteiger partial charge in [0.15, 0.2) is 0 Å². The van der Waals surface area contributed by atoms with E-state index in [0.717, 1.165) is 0 Å². The van der Waals surface area contributed by atoms with Crippen LogP contribution in [0, 0.1) is 0 Å². The zero-order chi connectivity index (χ0) is 9.26. The Labute approximate surface area is 81.2 Å². The monoisotopic (exact) mass is 180 g/mol. The van der Waals surface area contributed by atoms with Gasteiger partial charge in [-0.15, -0.1) is 0 Å². The fourth-order valence-electron chi connectivity index (χ4n) is 2.62. The summed E-state index contributed by atoms with van der Waals surface area (Å²) in [4.78, 5) is 4.99. The third-order valence-electron chi connectivity index (χ3n) is 3.24. The molecule has 0 N–H and O–H groups in total. The van der Waals surface area contributed by atoms with E-state index in [0.29, 0.717) is 0 Å². The fraction of sp³-hybridized carbons (Fsp3) is 0.818. The molecular formula is C11H20N2. The summed E-state index contributed by atoms with van der Waals surface area (Å²) in [5.41, 5.74) is 1.71. The lowest BCUT2D eigenvalue weighted by atomic mass is 9.97. The number of rotatable bonds is 1. The van der Waals surface area contributed by atoms with Gasteiger partial charge in [0.05, 0.1) is 0 Å². The van der Waals surface area contributed by atoms with Gasteiger partial charge in [0.25, 0.3) is 0 Å². The van der Waals surface area contributed by atoms with Gasteiger partial charge in [0.1, 0.15) is 5.82 Å². The molecule has 0 aromatic carbocycles. The molecule has 0 saturated carbocycles. The Kier molecular flexibility index (Phi) is 2.47. The molecule has 2 aliphatic rings.